The zero-order valence-corrected chi connectivity index (χ0v) is 27.0. The quantitative estimate of drug-likeness (QED) is 0.0538. The summed E-state index contributed by atoms with van der Waals surface area (Å²) in [5, 5.41) is 18.7. The topological polar surface area (TPSA) is 93.1 Å². The summed E-state index contributed by atoms with van der Waals surface area (Å²) in [5.74, 6) is 0.135. The summed E-state index contributed by atoms with van der Waals surface area (Å²) >= 11 is 0. The van der Waals surface area contributed by atoms with Crippen LogP contribution in [0.2, 0.25) is 0 Å². The number of esters is 2. The van der Waals surface area contributed by atoms with Gasteiger partial charge in [-0.2, -0.15) is 0 Å². The van der Waals surface area contributed by atoms with Crippen molar-refractivity contribution in [3.8, 4) is 0 Å². The number of aliphatic hydroxyl groups excluding tert-OH is 2. The van der Waals surface area contributed by atoms with E-state index < -0.39 is 6.10 Å². The molecule has 0 aromatic rings. The first-order valence-corrected chi connectivity index (χ1v) is 16.6. The lowest BCUT2D eigenvalue weighted by molar-refractivity contribution is -0.161. The summed E-state index contributed by atoms with van der Waals surface area (Å²) in [6, 6.07) is 0. The highest BCUT2D eigenvalue weighted by molar-refractivity contribution is 5.70. The second kappa shape index (κ2) is 30.3. The van der Waals surface area contributed by atoms with Gasteiger partial charge >= 0.3 is 11.9 Å². The number of ether oxygens (including phenoxy) is 2. The Labute approximate surface area is 257 Å². The molecule has 0 aliphatic carbocycles. The molecule has 0 aromatic carbocycles. The van der Waals surface area contributed by atoms with Gasteiger partial charge < -0.3 is 19.7 Å². The average molecular weight is 591 g/mol. The fraction of sp³-hybridized carbons (Fsp3) is 0.722. The van der Waals surface area contributed by atoms with Crippen LogP contribution in [-0.4, -0.2) is 47.6 Å². The first-order chi connectivity index (χ1) is 20.4. The molecule has 242 valence electrons. The Kier molecular flexibility index (Phi) is 28.7. The van der Waals surface area contributed by atoms with E-state index in [4.69, 9.17) is 9.47 Å². The second-order valence-electron chi connectivity index (χ2n) is 11.4. The lowest BCUT2D eigenvalue weighted by Gasteiger charge is -2.15. The third kappa shape index (κ3) is 29.3. The maximum Gasteiger partial charge on any atom is 0.306 e. The Hall–Kier alpha value is -2.18. The lowest BCUT2D eigenvalue weighted by Crippen LogP contribution is -2.28. The molecule has 0 spiro atoms. The summed E-state index contributed by atoms with van der Waals surface area (Å²) in [5.41, 5.74) is 0. The molecular weight excluding hydrogens is 528 g/mol. The highest BCUT2D eigenvalue weighted by Gasteiger charge is 2.15. The minimum Gasteiger partial charge on any atom is -0.462 e. The van der Waals surface area contributed by atoms with Crippen molar-refractivity contribution in [3.63, 3.8) is 0 Å². The van der Waals surface area contributed by atoms with E-state index in [9.17, 15) is 19.8 Å². The van der Waals surface area contributed by atoms with Gasteiger partial charge in [0.05, 0.1) is 12.7 Å². The Balaban J connectivity index is 3.75. The highest BCUT2D eigenvalue weighted by atomic mass is 16.6. The maximum atomic E-state index is 12.1. The molecule has 0 heterocycles. The molecule has 0 aromatic heterocycles. The predicted octanol–water partition coefficient (Wildman–Crippen LogP) is 8.72. The number of hydrogen-bond acceptors (Lipinski definition) is 6. The smallest absolute Gasteiger partial charge is 0.306 e. The zero-order chi connectivity index (χ0) is 31.1. The van der Waals surface area contributed by atoms with Gasteiger partial charge in [0.15, 0.2) is 6.10 Å². The Bertz CT molecular complexity index is 752. The third-order valence-electron chi connectivity index (χ3n) is 7.18. The summed E-state index contributed by atoms with van der Waals surface area (Å²) in [6.07, 6.45) is 33.1. The first-order valence-electron chi connectivity index (χ1n) is 16.6. The molecule has 0 bridgehead atoms. The molecule has 6 heteroatoms. The molecule has 0 fully saturated rings. The normalized spacial score (nSPS) is 14.3. The largest absolute Gasteiger partial charge is 0.462 e. The number of carbonyl (C=O) groups excluding carboxylic acids is 2. The average Bonchev–Trinajstić information content (AvgIpc) is 2.97. The molecule has 3 atom stereocenters. The molecule has 0 amide bonds. The zero-order valence-electron chi connectivity index (χ0n) is 27.0. The molecule has 1 unspecified atom stereocenters. The van der Waals surface area contributed by atoms with Crippen LogP contribution in [-0.2, 0) is 19.1 Å². The van der Waals surface area contributed by atoms with E-state index in [1.807, 2.05) is 6.92 Å². The van der Waals surface area contributed by atoms with Gasteiger partial charge in [0.2, 0.25) is 0 Å². The van der Waals surface area contributed by atoms with Crippen molar-refractivity contribution in [3.05, 3.63) is 48.6 Å². The molecule has 0 aliphatic rings. The van der Waals surface area contributed by atoms with Crippen molar-refractivity contribution in [2.45, 2.75) is 149 Å². The first kappa shape index (κ1) is 39.8. The van der Waals surface area contributed by atoms with Crippen molar-refractivity contribution >= 4 is 11.9 Å². The fourth-order valence-corrected chi connectivity index (χ4v) is 4.24. The molecular formula is C36H62O6. The molecule has 6 nitrogen and oxygen atoms in total. The van der Waals surface area contributed by atoms with Gasteiger partial charge in [-0.1, -0.05) is 107 Å². The van der Waals surface area contributed by atoms with Gasteiger partial charge in [-0.3, -0.25) is 9.59 Å². The van der Waals surface area contributed by atoms with Crippen molar-refractivity contribution < 1.29 is 29.3 Å². The minimum atomic E-state index is -0.807. The lowest BCUT2D eigenvalue weighted by atomic mass is 10.00. The number of carbonyl (C=O) groups is 2. The molecule has 0 aliphatic heterocycles. The molecule has 42 heavy (non-hydrogen) atoms. The molecule has 0 radical (unpaired) electrons. The van der Waals surface area contributed by atoms with E-state index in [2.05, 4.69) is 62.5 Å². The summed E-state index contributed by atoms with van der Waals surface area (Å²) < 4.78 is 10.5. The number of allylic oxidation sites excluding steroid dienone is 8. The van der Waals surface area contributed by atoms with Gasteiger partial charge in [0.25, 0.3) is 0 Å². The minimum absolute atomic E-state index is 0.0976. The van der Waals surface area contributed by atoms with Crippen molar-refractivity contribution in [2.75, 3.05) is 13.2 Å². The Morgan fingerprint density at radius 1 is 0.667 bits per heavy atom. The highest BCUT2D eigenvalue weighted by Crippen LogP contribution is 2.14. The van der Waals surface area contributed by atoms with Crippen molar-refractivity contribution in [1.29, 1.82) is 0 Å². The Morgan fingerprint density at radius 3 is 1.76 bits per heavy atom. The van der Waals surface area contributed by atoms with Gasteiger partial charge in [0.1, 0.15) is 6.61 Å². The van der Waals surface area contributed by atoms with Crippen LogP contribution in [0.5, 0.6) is 0 Å². The molecule has 0 rings (SSSR count). The van der Waals surface area contributed by atoms with Crippen LogP contribution in [0.15, 0.2) is 48.6 Å². The number of rotatable bonds is 28. The number of unbranched alkanes of at least 4 members (excludes halogenated alkanes) is 7. The van der Waals surface area contributed by atoms with E-state index in [1.54, 1.807) is 0 Å². The van der Waals surface area contributed by atoms with E-state index in [0.29, 0.717) is 12.8 Å². The van der Waals surface area contributed by atoms with Gasteiger partial charge in [-0.05, 0) is 70.6 Å². The van der Waals surface area contributed by atoms with Gasteiger partial charge in [-0.15, -0.1) is 0 Å². The Morgan fingerprint density at radius 2 is 1.19 bits per heavy atom. The standard InChI is InChI=1S/C36H62O6/c1-4-32(2)26-22-18-16-17-20-24-28-35(39)41-31-34(30-37)42-36(40)29-25-21-15-13-11-9-7-5-6-8-10-12-14-19-23-27-33(3)38/h6-9,12-15,32-34,37-38H,4-5,10-11,16-31H2,1-3H3/b8-6-,9-7-,14-12-,15-13-/t32?,33-,34-/m0/s1. The second-order valence-corrected chi connectivity index (χ2v) is 11.4. The van der Waals surface area contributed by atoms with Gasteiger partial charge in [-0.25, -0.2) is 0 Å². The van der Waals surface area contributed by atoms with E-state index in [1.165, 1.54) is 32.1 Å². The van der Waals surface area contributed by atoms with Crippen molar-refractivity contribution in [2.24, 2.45) is 5.92 Å². The molecule has 0 saturated carbocycles. The number of aliphatic hydroxyl groups is 2. The van der Waals surface area contributed by atoms with Crippen LogP contribution in [0.3, 0.4) is 0 Å². The third-order valence-corrected chi connectivity index (χ3v) is 7.18. The fourth-order valence-electron chi connectivity index (χ4n) is 4.24. The predicted molar refractivity (Wildman–Crippen MR) is 174 cm³/mol. The van der Waals surface area contributed by atoms with Crippen LogP contribution < -0.4 is 0 Å². The van der Waals surface area contributed by atoms with Crippen molar-refractivity contribution in [1.82, 2.24) is 0 Å². The number of hydrogen-bond donors (Lipinski definition) is 2. The van der Waals surface area contributed by atoms with Crippen LogP contribution in [0.1, 0.15) is 136 Å². The van der Waals surface area contributed by atoms with E-state index in [0.717, 1.165) is 70.1 Å². The van der Waals surface area contributed by atoms with Crippen LogP contribution in [0, 0.1) is 5.92 Å². The summed E-state index contributed by atoms with van der Waals surface area (Å²) in [6.45, 7) is 5.91. The van der Waals surface area contributed by atoms with Gasteiger partial charge in [0, 0.05) is 12.8 Å². The van der Waals surface area contributed by atoms with Crippen LogP contribution >= 0.6 is 0 Å². The summed E-state index contributed by atoms with van der Waals surface area (Å²) in [4.78, 5) is 24.1. The summed E-state index contributed by atoms with van der Waals surface area (Å²) in [7, 11) is 0. The van der Waals surface area contributed by atoms with Crippen LogP contribution in [0.4, 0.5) is 0 Å². The van der Waals surface area contributed by atoms with E-state index >= 15 is 0 Å². The van der Waals surface area contributed by atoms with E-state index in [-0.39, 0.29) is 37.7 Å². The molecule has 2 N–H and O–H groups in total. The van der Waals surface area contributed by atoms with Crippen LogP contribution in [0.25, 0.3) is 0 Å². The maximum absolute atomic E-state index is 12.1. The molecule has 0 saturated heterocycles. The SMILES string of the molecule is CCC(C)CCCCCCCCC(=O)OC[C@H](CO)OC(=O)CCC/C=C\C/C=C\C/C=C\C/C=C\CCC[C@H](C)O. The monoisotopic (exact) mass is 590 g/mol.